The minimum absolute atomic E-state index is 0.641. The number of nitrogens with zero attached hydrogens (tertiary/aromatic N) is 2. The maximum Gasteiger partial charge on any atom is 0.101 e. The fraction of sp³-hybridized carbons (Fsp3) is 0.946. The van der Waals surface area contributed by atoms with Crippen molar-refractivity contribution in [1.29, 1.82) is 0 Å². The average Bonchev–Trinajstić information content (AvgIpc) is 3.33. The van der Waals surface area contributed by atoms with Crippen LogP contribution in [0.2, 0.25) is 0 Å². The third-order valence-electron chi connectivity index (χ3n) is 9.07. The van der Waals surface area contributed by atoms with Crippen molar-refractivity contribution in [1.82, 2.24) is 9.80 Å². The zero-order valence-electron chi connectivity index (χ0n) is 27.5. The van der Waals surface area contributed by atoms with Gasteiger partial charge in [0.15, 0.2) is 0 Å². The van der Waals surface area contributed by atoms with Gasteiger partial charge in [0, 0.05) is 25.5 Å². The summed E-state index contributed by atoms with van der Waals surface area (Å²) >= 11 is 0. The lowest BCUT2D eigenvalue weighted by atomic mass is 10.0. The van der Waals surface area contributed by atoms with Crippen LogP contribution in [0.1, 0.15) is 207 Å². The topological polar surface area (TPSA) is 6.48 Å². The predicted molar refractivity (Wildman–Crippen MR) is 177 cm³/mol. The van der Waals surface area contributed by atoms with Crippen LogP contribution in [-0.2, 0) is 0 Å². The highest BCUT2D eigenvalue weighted by atomic mass is 15.4. The van der Waals surface area contributed by atoms with Gasteiger partial charge < -0.3 is 9.80 Å². The Morgan fingerprint density at radius 3 is 0.974 bits per heavy atom. The first-order valence-electron chi connectivity index (χ1n) is 18.5. The molecule has 1 unspecified atom stereocenters. The van der Waals surface area contributed by atoms with Gasteiger partial charge in [0.1, 0.15) is 6.17 Å². The Kier molecular flexibility index (Phi) is 26.9. The van der Waals surface area contributed by atoms with Gasteiger partial charge in [-0.2, -0.15) is 0 Å². The summed E-state index contributed by atoms with van der Waals surface area (Å²) in [5, 5.41) is 0. The largest absolute Gasteiger partial charge is 0.356 e. The zero-order chi connectivity index (χ0) is 28.1. The summed E-state index contributed by atoms with van der Waals surface area (Å²) in [6, 6.07) is 0. The van der Waals surface area contributed by atoms with E-state index in [-0.39, 0.29) is 0 Å². The van der Waals surface area contributed by atoms with Crippen LogP contribution < -0.4 is 0 Å². The van der Waals surface area contributed by atoms with Crippen molar-refractivity contribution in [2.24, 2.45) is 0 Å². The third-order valence-corrected chi connectivity index (χ3v) is 9.07. The molecule has 39 heavy (non-hydrogen) atoms. The van der Waals surface area contributed by atoms with Crippen LogP contribution in [0.15, 0.2) is 12.4 Å². The molecule has 0 aromatic rings. The van der Waals surface area contributed by atoms with Crippen LogP contribution in [0, 0.1) is 0 Å². The third kappa shape index (κ3) is 21.7. The van der Waals surface area contributed by atoms with Crippen LogP contribution in [-0.4, -0.2) is 29.1 Å². The predicted octanol–water partition coefficient (Wildman–Crippen LogP) is 12.8. The Morgan fingerprint density at radius 2 is 0.615 bits per heavy atom. The van der Waals surface area contributed by atoms with Crippen molar-refractivity contribution in [2.45, 2.75) is 213 Å². The van der Waals surface area contributed by atoms with Crippen molar-refractivity contribution in [3.05, 3.63) is 12.4 Å². The molecule has 0 radical (unpaired) electrons. The van der Waals surface area contributed by atoms with Gasteiger partial charge in [-0.15, -0.1) is 0 Å². The van der Waals surface area contributed by atoms with Gasteiger partial charge in [0.2, 0.25) is 0 Å². The number of rotatable bonds is 31. The molecule has 0 aromatic carbocycles. The molecule has 0 saturated carbocycles. The Bertz CT molecular complexity index is 502. The number of hydrogen-bond acceptors (Lipinski definition) is 2. The van der Waals surface area contributed by atoms with Crippen molar-refractivity contribution >= 4 is 0 Å². The van der Waals surface area contributed by atoms with E-state index in [1.165, 1.54) is 199 Å². The molecule has 1 heterocycles. The van der Waals surface area contributed by atoms with Gasteiger partial charge in [0.25, 0.3) is 0 Å². The van der Waals surface area contributed by atoms with Crippen LogP contribution in [0.3, 0.4) is 0 Å². The van der Waals surface area contributed by atoms with Gasteiger partial charge in [-0.25, -0.2) is 0 Å². The van der Waals surface area contributed by atoms with Gasteiger partial charge in [-0.3, -0.25) is 0 Å². The molecule has 2 heteroatoms. The second-order valence-electron chi connectivity index (χ2n) is 12.9. The normalized spacial score (nSPS) is 15.2. The summed E-state index contributed by atoms with van der Waals surface area (Å²) in [7, 11) is 0. The Morgan fingerprint density at radius 1 is 0.333 bits per heavy atom. The quantitative estimate of drug-likeness (QED) is 0.0798. The monoisotopic (exact) mass is 547 g/mol. The summed E-state index contributed by atoms with van der Waals surface area (Å²) < 4.78 is 0. The molecule has 1 atom stereocenters. The van der Waals surface area contributed by atoms with E-state index in [1.54, 1.807) is 0 Å². The first kappa shape index (κ1) is 36.4. The second kappa shape index (κ2) is 28.9. The molecule has 1 rings (SSSR count). The minimum Gasteiger partial charge on any atom is -0.356 e. The van der Waals surface area contributed by atoms with E-state index in [0.29, 0.717) is 6.17 Å². The molecule has 0 N–H and O–H groups in total. The van der Waals surface area contributed by atoms with E-state index in [1.807, 2.05) is 0 Å². The van der Waals surface area contributed by atoms with Crippen LogP contribution in [0.5, 0.6) is 0 Å². The molecule has 2 nitrogen and oxygen atoms in total. The highest BCUT2D eigenvalue weighted by Gasteiger charge is 2.24. The molecule has 1 aliphatic heterocycles. The van der Waals surface area contributed by atoms with E-state index < -0.39 is 0 Å². The first-order valence-corrected chi connectivity index (χ1v) is 18.5. The molecular weight excluding hydrogens is 472 g/mol. The highest BCUT2D eigenvalue weighted by Crippen LogP contribution is 2.23. The molecular formula is C37H74N2. The van der Waals surface area contributed by atoms with E-state index in [4.69, 9.17) is 0 Å². The summed E-state index contributed by atoms with van der Waals surface area (Å²) in [5.74, 6) is 0. The van der Waals surface area contributed by atoms with E-state index in [0.717, 1.165) is 0 Å². The molecule has 0 aromatic heterocycles. The smallest absolute Gasteiger partial charge is 0.101 e. The maximum atomic E-state index is 2.68. The molecule has 0 aliphatic carbocycles. The lowest BCUT2D eigenvalue weighted by Crippen LogP contribution is -2.39. The summed E-state index contributed by atoms with van der Waals surface area (Å²) in [6.07, 6.45) is 47.0. The van der Waals surface area contributed by atoms with E-state index >= 15 is 0 Å². The van der Waals surface area contributed by atoms with Gasteiger partial charge in [0.05, 0.1) is 0 Å². The zero-order valence-corrected chi connectivity index (χ0v) is 27.5. The molecule has 0 amide bonds. The van der Waals surface area contributed by atoms with Crippen molar-refractivity contribution in [3.63, 3.8) is 0 Å². The number of hydrogen-bond donors (Lipinski definition) is 0. The SMILES string of the molecule is CCCCCCCCCCCCCCCCCCCC1N(CCCC)C=CN1CCCCCCCCCCC. The molecule has 0 bridgehead atoms. The lowest BCUT2D eigenvalue weighted by molar-refractivity contribution is 0.136. The Labute approximate surface area is 248 Å². The summed E-state index contributed by atoms with van der Waals surface area (Å²) in [6.45, 7) is 9.45. The number of unbranched alkanes of at least 4 members (excludes halogenated alkanes) is 25. The van der Waals surface area contributed by atoms with Crippen molar-refractivity contribution < 1.29 is 0 Å². The Balaban J connectivity index is 2.02. The first-order chi connectivity index (χ1) is 19.3. The van der Waals surface area contributed by atoms with Crippen LogP contribution in [0.25, 0.3) is 0 Å². The molecule has 0 saturated heterocycles. The fourth-order valence-corrected chi connectivity index (χ4v) is 6.34. The van der Waals surface area contributed by atoms with Crippen LogP contribution >= 0.6 is 0 Å². The fourth-order valence-electron chi connectivity index (χ4n) is 6.34. The van der Waals surface area contributed by atoms with Gasteiger partial charge >= 0.3 is 0 Å². The van der Waals surface area contributed by atoms with E-state index in [2.05, 4.69) is 43.0 Å². The van der Waals surface area contributed by atoms with Gasteiger partial charge in [-0.1, -0.05) is 181 Å². The van der Waals surface area contributed by atoms with Gasteiger partial charge in [-0.05, 0) is 25.7 Å². The summed E-state index contributed by atoms with van der Waals surface area (Å²) in [5.41, 5.74) is 0. The molecule has 1 aliphatic rings. The second-order valence-corrected chi connectivity index (χ2v) is 12.9. The van der Waals surface area contributed by atoms with Crippen LogP contribution in [0.4, 0.5) is 0 Å². The Hall–Kier alpha value is -0.660. The lowest BCUT2D eigenvalue weighted by Gasteiger charge is -2.33. The highest BCUT2D eigenvalue weighted by molar-refractivity contribution is 4.96. The van der Waals surface area contributed by atoms with E-state index in [9.17, 15) is 0 Å². The average molecular weight is 547 g/mol. The maximum absolute atomic E-state index is 2.68. The minimum atomic E-state index is 0.641. The summed E-state index contributed by atoms with van der Waals surface area (Å²) in [4.78, 5) is 5.34. The van der Waals surface area contributed by atoms with Crippen molar-refractivity contribution in [2.75, 3.05) is 13.1 Å². The van der Waals surface area contributed by atoms with Crippen molar-refractivity contribution in [3.8, 4) is 0 Å². The molecule has 0 spiro atoms. The molecule has 0 fully saturated rings. The standard InChI is InChI=1S/C37H74N2/c1-4-7-10-12-14-16-17-18-19-20-21-22-23-24-26-28-30-32-37-38(33-9-6-3)35-36-39(37)34-31-29-27-25-15-13-11-8-5-2/h35-37H,4-34H2,1-3H3. The molecule has 232 valence electrons.